The molecule has 1 aromatic rings. The van der Waals surface area contributed by atoms with Gasteiger partial charge in [0.2, 0.25) is 0 Å². The molecule has 1 N–H and O–H groups in total. The summed E-state index contributed by atoms with van der Waals surface area (Å²) in [7, 11) is 0. The monoisotopic (exact) mass is 251 g/mol. The summed E-state index contributed by atoms with van der Waals surface area (Å²) in [5, 5.41) is 3.35. The Bertz CT molecular complexity index is 375. The number of benzene rings is 1. The molecule has 3 heteroatoms. The van der Waals surface area contributed by atoms with Crippen LogP contribution in [-0.2, 0) is 0 Å². The van der Waals surface area contributed by atoms with Gasteiger partial charge in [0.1, 0.15) is 6.10 Å². The molecular formula is C15H22FNO. The smallest absolute Gasteiger partial charge is 0.165 e. The van der Waals surface area contributed by atoms with Gasteiger partial charge in [0.15, 0.2) is 11.6 Å². The van der Waals surface area contributed by atoms with E-state index >= 15 is 0 Å². The first-order valence-corrected chi connectivity index (χ1v) is 6.78. The molecule has 100 valence electrons. The highest BCUT2D eigenvalue weighted by molar-refractivity contribution is 5.24. The Morgan fingerprint density at radius 3 is 2.78 bits per heavy atom. The highest BCUT2D eigenvalue weighted by Gasteiger charge is 2.27. The van der Waals surface area contributed by atoms with Gasteiger partial charge in [0, 0.05) is 12.5 Å². The van der Waals surface area contributed by atoms with Crippen molar-refractivity contribution in [3.05, 3.63) is 30.1 Å². The number of hydrogen-bond acceptors (Lipinski definition) is 2. The molecule has 2 unspecified atom stereocenters. The van der Waals surface area contributed by atoms with Crippen LogP contribution in [0.3, 0.4) is 0 Å². The highest BCUT2D eigenvalue weighted by Crippen LogP contribution is 2.26. The first kappa shape index (κ1) is 13.3. The maximum absolute atomic E-state index is 13.6. The Morgan fingerprint density at radius 1 is 1.39 bits per heavy atom. The zero-order chi connectivity index (χ0) is 13.0. The third-order valence-electron chi connectivity index (χ3n) is 3.44. The van der Waals surface area contributed by atoms with Gasteiger partial charge in [0.25, 0.3) is 0 Å². The molecule has 0 saturated carbocycles. The molecule has 2 rings (SSSR count). The molecule has 1 fully saturated rings. The van der Waals surface area contributed by atoms with Crippen molar-refractivity contribution in [1.29, 1.82) is 0 Å². The van der Waals surface area contributed by atoms with Crippen LogP contribution in [0, 0.1) is 17.7 Å². The number of hydrogen-bond donors (Lipinski definition) is 1. The van der Waals surface area contributed by atoms with Gasteiger partial charge in [-0.25, -0.2) is 4.39 Å². The van der Waals surface area contributed by atoms with Gasteiger partial charge in [-0.1, -0.05) is 26.0 Å². The summed E-state index contributed by atoms with van der Waals surface area (Å²) in [6, 6.07) is 6.67. The maximum Gasteiger partial charge on any atom is 0.165 e. The van der Waals surface area contributed by atoms with Crippen molar-refractivity contribution in [3.8, 4) is 5.75 Å². The molecular weight excluding hydrogens is 229 g/mol. The summed E-state index contributed by atoms with van der Waals surface area (Å²) in [6.07, 6.45) is 2.20. The second-order valence-corrected chi connectivity index (χ2v) is 5.47. The Kier molecular flexibility index (Phi) is 4.59. The molecule has 2 nitrogen and oxygen atoms in total. The number of ether oxygens (including phenoxy) is 1. The predicted octanol–water partition coefficient (Wildman–Crippen LogP) is 3.23. The molecule has 0 spiro atoms. The van der Waals surface area contributed by atoms with Crippen molar-refractivity contribution in [2.75, 3.05) is 13.1 Å². The lowest BCUT2D eigenvalue weighted by molar-refractivity contribution is 0.114. The quantitative estimate of drug-likeness (QED) is 0.867. The number of para-hydroxylation sites is 1. The topological polar surface area (TPSA) is 21.3 Å². The van der Waals surface area contributed by atoms with Crippen molar-refractivity contribution in [2.45, 2.75) is 32.8 Å². The Labute approximate surface area is 109 Å². The van der Waals surface area contributed by atoms with Crippen molar-refractivity contribution < 1.29 is 9.13 Å². The van der Waals surface area contributed by atoms with E-state index in [0.29, 0.717) is 17.6 Å². The standard InChI is InChI=1S/C15H22FNO/c1-11(2)9-15(12-7-8-17-10-12)18-14-6-4-3-5-13(14)16/h3-6,11-12,15,17H,7-10H2,1-2H3. The van der Waals surface area contributed by atoms with Crippen LogP contribution in [0.1, 0.15) is 26.7 Å². The minimum Gasteiger partial charge on any atom is -0.487 e. The Balaban J connectivity index is 2.06. The average Bonchev–Trinajstić information content (AvgIpc) is 2.84. The van der Waals surface area contributed by atoms with Gasteiger partial charge in [0.05, 0.1) is 0 Å². The minimum absolute atomic E-state index is 0.108. The lowest BCUT2D eigenvalue weighted by Crippen LogP contribution is -2.30. The van der Waals surface area contributed by atoms with Crippen LogP contribution in [0.2, 0.25) is 0 Å². The van der Waals surface area contributed by atoms with Crippen LogP contribution >= 0.6 is 0 Å². The van der Waals surface area contributed by atoms with E-state index in [9.17, 15) is 4.39 Å². The molecule has 2 atom stereocenters. The summed E-state index contributed by atoms with van der Waals surface area (Å²) in [5.41, 5.74) is 0. The summed E-state index contributed by atoms with van der Waals surface area (Å²) in [6.45, 7) is 6.38. The van der Waals surface area contributed by atoms with Crippen LogP contribution in [0.5, 0.6) is 5.75 Å². The summed E-state index contributed by atoms with van der Waals surface area (Å²) in [4.78, 5) is 0. The van der Waals surface area contributed by atoms with Crippen molar-refractivity contribution in [1.82, 2.24) is 5.32 Å². The molecule has 0 aromatic heterocycles. The van der Waals surface area contributed by atoms with Gasteiger partial charge >= 0.3 is 0 Å². The normalized spacial score (nSPS) is 21.2. The Morgan fingerprint density at radius 2 is 2.17 bits per heavy atom. The third kappa shape index (κ3) is 3.45. The van der Waals surface area contributed by atoms with E-state index < -0.39 is 0 Å². The van der Waals surface area contributed by atoms with Crippen molar-refractivity contribution in [2.24, 2.45) is 11.8 Å². The zero-order valence-corrected chi connectivity index (χ0v) is 11.2. The second kappa shape index (κ2) is 6.19. The molecule has 0 aliphatic carbocycles. The van der Waals surface area contributed by atoms with Gasteiger partial charge in [-0.15, -0.1) is 0 Å². The van der Waals surface area contributed by atoms with Crippen LogP contribution in [-0.4, -0.2) is 19.2 Å². The molecule has 1 aromatic carbocycles. The maximum atomic E-state index is 13.6. The molecule has 1 heterocycles. The molecule has 1 aliphatic heterocycles. The van der Waals surface area contributed by atoms with E-state index in [2.05, 4.69) is 19.2 Å². The fraction of sp³-hybridized carbons (Fsp3) is 0.600. The number of rotatable bonds is 5. The van der Waals surface area contributed by atoms with Gasteiger partial charge < -0.3 is 10.1 Å². The van der Waals surface area contributed by atoms with Crippen LogP contribution < -0.4 is 10.1 Å². The molecule has 0 amide bonds. The molecule has 0 bridgehead atoms. The molecule has 1 saturated heterocycles. The van der Waals surface area contributed by atoms with Crippen LogP contribution in [0.4, 0.5) is 4.39 Å². The van der Waals surface area contributed by atoms with Crippen molar-refractivity contribution >= 4 is 0 Å². The van der Waals surface area contributed by atoms with E-state index in [0.717, 1.165) is 25.9 Å². The summed E-state index contributed by atoms with van der Waals surface area (Å²) in [5.74, 6) is 1.17. The molecule has 0 radical (unpaired) electrons. The minimum atomic E-state index is -0.266. The molecule has 18 heavy (non-hydrogen) atoms. The van der Waals surface area contributed by atoms with E-state index in [-0.39, 0.29) is 11.9 Å². The SMILES string of the molecule is CC(C)CC(Oc1ccccc1F)C1CCNC1. The number of nitrogens with one attached hydrogen (secondary N) is 1. The van der Waals surface area contributed by atoms with Crippen molar-refractivity contribution in [3.63, 3.8) is 0 Å². The predicted molar refractivity (Wildman–Crippen MR) is 71.2 cm³/mol. The third-order valence-corrected chi connectivity index (χ3v) is 3.44. The van der Waals surface area contributed by atoms with Crippen LogP contribution in [0.25, 0.3) is 0 Å². The largest absolute Gasteiger partial charge is 0.487 e. The van der Waals surface area contributed by atoms with E-state index in [1.165, 1.54) is 6.07 Å². The van der Waals surface area contributed by atoms with E-state index in [1.54, 1.807) is 12.1 Å². The molecule has 1 aliphatic rings. The van der Waals surface area contributed by atoms with E-state index in [1.807, 2.05) is 6.07 Å². The first-order valence-electron chi connectivity index (χ1n) is 6.78. The highest BCUT2D eigenvalue weighted by atomic mass is 19.1. The summed E-state index contributed by atoms with van der Waals surface area (Å²) >= 11 is 0. The van der Waals surface area contributed by atoms with Gasteiger partial charge in [-0.05, 0) is 37.4 Å². The fourth-order valence-corrected chi connectivity index (χ4v) is 2.50. The van der Waals surface area contributed by atoms with Gasteiger partial charge in [-0.3, -0.25) is 0 Å². The van der Waals surface area contributed by atoms with E-state index in [4.69, 9.17) is 4.74 Å². The summed E-state index contributed by atoms with van der Waals surface area (Å²) < 4.78 is 19.6. The average molecular weight is 251 g/mol. The lowest BCUT2D eigenvalue weighted by atomic mass is 9.93. The number of halogens is 1. The van der Waals surface area contributed by atoms with Crippen LogP contribution in [0.15, 0.2) is 24.3 Å². The second-order valence-electron chi connectivity index (χ2n) is 5.47. The Hall–Kier alpha value is -1.09. The lowest BCUT2D eigenvalue weighted by Gasteiger charge is -2.26. The first-order chi connectivity index (χ1) is 8.66. The fourth-order valence-electron chi connectivity index (χ4n) is 2.50. The van der Waals surface area contributed by atoms with Gasteiger partial charge in [-0.2, -0.15) is 0 Å². The zero-order valence-electron chi connectivity index (χ0n) is 11.2.